The second-order valence-corrected chi connectivity index (χ2v) is 8.07. The minimum Gasteiger partial charge on any atom is -0.462 e. The molecular formula is C16H22N2O5S. The first-order valence-electron chi connectivity index (χ1n) is 7.78. The van der Waals surface area contributed by atoms with E-state index in [2.05, 4.69) is 5.32 Å². The third-order valence-electron chi connectivity index (χ3n) is 4.05. The number of sulfone groups is 1. The maximum Gasteiger partial charge on any atom is 0.338 e. The molecule has 1 saturated carbocycles. The number of hydrogen-bond donors (Lipinski definition) is 2. The van der Waals surface area contributed by atoms with Gasteiger partial charge in [-0.05, 0) is 38.0 Å². The first-order valence-corrected chi connectivity index (χ1v) is 9.67. The molecular weight excluding hydrogens is 332 g/mol. The van der Waals surface area contributed by atoms with Crippen LogP contribution in [0.25, 0.3) is 0 Å². The van der Waals surface area contributed by atoms with Crippen LogP contribution in [-0.4, -0.2) is 38.7 Å². The molecule has 1 aliphatic carbocycles. The lowest BCUT2D eigenvalue weighted by Gasteiger charge is -2.22. The summed E-state index contributed by atoms with van der Waals surface area (Å²) in [5.74, 6) is -1.03. The van der Waals surface area contributed by atoms with Gasteiger partial charge in [0.2, 0.25) is 5.91 Å². The van der Waals surface area contributed by atoms with Crippen molar-refractivity contribution in [2.24, 2.45) is 5.73 Å². The number of rotatable bonds is 5. The number of nitrogens with two attached hydrogens (primary N) is 1. The highest BCUT2D eigenvalue weighted by Crippen LogP contribution is 2.29. The Kier molecular flexibility index (Phi) is 5.29. The van der Waals surface area contributed by atoms with Gasteiger partial charge in [-0.25, -0.2) is 13.2 Å². The van der Waals surface area contributed by atoms with Crippen molar-refractivity contribution in [2.45, 2.75) is 43.0 Å². The van der Waals surface area contributed by atoms with Gasteiger partial charge in [0.15, 0.2) is 9.84 Å². The third-order valence-corrected chi connectivity index (χ3v) is 5.14. The summed E-state index contributed by atoms with van der Waals surface area (Å²) in [5, 5.41) is 2.64. The summed E-state index contributed by atoms with van der Waals surface area (Å²) in [4.78, 5) is 24.3. The summed E-state index contributed by atoms with van der Waals surface area (Å²) in [6, 6.07) is 3.94. The molecule has 2 rings (SSSR count). The molecule has 0 aromatic heterocycles. The average molecular weight is 354 g/mol. The Balaban J connectivity index is 2.36. The van der Waals surface area contributed by atoms with Crippen molar-refractivity contribution >= 4 is 27.4 Å². The van der Waals surface area contributed by atoms with E-state index in [0.29, 0.717) is 12.8 Å². The Labute approximate surface area is 141 Å². The number of hydrogen-bond acceptors (Lipinski definition) is 6. The number of ether oxygens (including phenoxy) is 1. The Bertz CT molecular complexity index is 752. The van der Waals surface area contributed by atoms with E-state index >= 15 is 0 Å². The Morgan fingerprint density at radius 3 is 2.42 bits per heavy atom. The third kappa shape index (κ3) is 4.12. The van der Waals surface area contributed by atoms with Gasteiger partial charge in [0.05, 0.1) is 22.6 Å². The largest absolute Gasteiger partial charge is 0.462 e. The van der Waals surface area contributed by atoms with Crippen molar-refractivity contribution in [3.05, 3.63) is 23.8 Å². The fourth-order valence-corrected chi connectivity index (χ4v) is 3.39. The Hall–Kier alpha value is -1.93. The van der Waals surface area contributed by atoms with Crippen LogP contribution in [0.2, 0.25) is 0 Å². The van der Waals surface area contributed by atoms with Crippen LogP contribution in [0, 0.1) is 0 Å². The zero-order chi connectivity index (χ0) is 18.0. The van der Waals surface area contributed by atoms with Crippen LogP contribution in [0.1, 0.15) is 43.0 Å². The van der Waals surface area contributed by atoms with Gasteiger partial charge >= 0.3 is 5.97 Å². The van der Waals surface area contributed by atoms with Crippen molar-refractivity contribution < 1.29 is 22.7 Å². The SMILES string of the molecule is CCOC(=O)c1cc(NC(=O)C2(N)CCCC2)cc(S(C)(=O)=O)c1. The molecule has 0 saturated heterocycles. The van der Waals surface area contributed by atoms with Crippen molar-refractivity contribution in [2.75, 3.05) is 18.2 Å². The molecule has 3 N–H and O–H groups in total. The molecule has 1 aromatic rings. The van der Waals surface area contributed by atoms with Gasteiger partial charge < -0.3 is 15.8 Å². The van der Waals surface area contributed by atoms with Crippen LogP contribution in [-0.2, 0) is 19.4 Å². The van der Waals surface area contributed by atoms with E-state index in [0.717, 1.165) is 19.1 Å². The van der Waals surface area contributed by atoms with Crippen LogP contribution < -0.4 is 11.1 Å². The molecule has 7 nitrogen and oxygen atoms in total. The molecule has 0 heterocycles. The molecule has 8 heteroatoms. The van der Waals surface area contributed by atoms with Crippen molar-refractivity contribution in [1.29, 1.82) is 0 Å². The molecule has 24 heavy (non-hydrogen) atoms. The zero-order valence-electron chi connectivity index (χ0n) is 13.8. The molecule has 1 fully saturated rings. The van der Waals surface area contributed by atoms with Gasteiger partial charge in [0.1, 0.15) is 0 Å². The van der Waals surface area contributed by atoms with Gasteiger partial charge in [0, 0.05) is 11.9 Å². The minimum atomic E-state index is -3.56. The van der Waals surface area contributed by atoms with Crippen molar-refractivity contribution in [1.82, 2.24) is 0 Å². The van der Waals surface area contributed by atoms with E-state index in [1.54, 1.807) is 6.92 Å². The van der Waals surface area contributed by atoms with Gasteiger partial charge in [-0.1, -0.05) is 12.8 Å². The molecule has 132 valence electrons. The van der Waals surface area contributed by atoms with Crippen molar-refractivity contribution in [3.63, 3.8) is 0 Å². The van der Waals surface area contributed by atoms with E-state index in [-0.39, 0.29) is 28.7 Å². The van der Waals surface area contributed by atoms with E-state index < -0.39 is 21.3 Å². The van der Waals surface area contributed by atoms with E-state index in [4.69, 9.17) is 10.5 Å². The van der Waals surface area contributed by atoms with Gasteiger partial charge in [0.25, 0.3) is 0 Å². The number of carbonyl (C=O) groups excluding carboxylic acids is 2. The Morgan fingerprint density at radius 2 is 1.88 bits per heavy atom. The highest BCUT2D eigenvalue weighted by Gasteiger charge is 2.37. The summed E-state index contributed by atoms with van der Waals surface area (Å²) in [7, 11) is -3.56. The maximum absolute atomic E-state index is 12.4. The number of esters is 1. The zero-order valence-corrected chi connectivity index (χ0v) is 14.6. The fraction of sp³-hybridized carbons (Fsp3) is 0.500. The second-order valence-electron chi connectivity index (χ2n) is 6.06. The topological polar surface area (TPSA) is 116 Å². The molecule has 0 atom stereocenters. The monoisotopic (exact) mass is 354 g/mol. The number of nitrogens with one attached hydrogen (secondary N) is 1. The predicted octanol–water partition coefficient (Wildman–Crippen LogP) is 1.48. The normalized spacial score (nSPS) is 16.6. The van der Waals surface area contributed by atoms with Gasteiger partial charge in [-0.2, -0.15) is 0 Å². The molecule has 0 unspecified atom stereocenters. The highest BCUT2D eigenvalue weighted by atomic mass is 32.2. The van der Waals surface area contributed by atoms with Crippen LogP contribution in [0.3, 0.4) is 0 Å². The second kappa shape index (κ2) is 6.90. The van der Waals surface area contributed by atoms with E-state index in [1.807, 2.05) is 0 Å². The standard InChI is InChI=1S/C16H22N2O5S/c1-3-23-14(19)11-8-12(10-13(9-11)24(2,21)22)18-15(20)16(17)6-4-5-7-16/h8-10H,3-7,17H2,1-2H3,(H,18,20). The van der Waals surface area contributed by atoms with Crippen LogP contribution in [0.4, 0.5) is 5.69 Å². The molecule has 0 bridgehead atoms. The fourth-order valence-electron chi connectivity index (χ4n) is 2.71. The summed E-state index contributed by atoms with van der Waals surface area (Å²) >= 11 is 0. The van der Waals surface area contributed by atoms with E-state index in [1.165, 1.54) is 18.2 Å². The van der Waals surface area contributed by atoms with Crippen LogP contribution >= 0.6 is 0 Å². The summed E-state index contributed by atoms with van der Waals surface area (Å²) < 4.78 is 28.6. The number of amides is 1. The van der Waals surface area contributed by atoms with Crippen LogP contribution in [0.5, 0.6) is 0 Å². The summed E-state index contributed by atoms with van der Waals surface area (Å²) in [5.41, 5.74) is 5.42. The number of benzene rings is 1. The summed E-state index contributed by atoms with van der Waals surface area (Å²) in [6.45, 7) is 1.81. The smallest absolute Gasteiger partial charge is 0.338 e. The highest BCUT2D eigenvalue weighted by molar-refractivity contribution is 7.90. The molecule has 0 aliphatic heterocycles. The lowest BCUT2D eigenvalue weighted by molar-refractivity contribution is -0.121. The first kappa shape index (κ1) is 18.4. The van der Waals surface area contributed by atoms with Gasteiger partial charge in [-0.15, -0.1) is 0 Å². The minimum absolute atomic E-state index is 0.0626. The van der Waals surface area contributed by atoms with E-state index in [9.17, 15) is 18.0 Å². The lowest BCUT2D eigenvalue weighted by Crippen LogP contribution is -2.48. The predicted molar refractivity (Wildman–Crippen MR) is 89.5 cm³/mol. The van der Waals surface area contributed by atoms with Gasteiger partial charge in [-0.3, -0.25) is 4.79 Å². The molecule has 0 radical (unpaired) electrons. The summed E-state index contributed by atoms with van der Waals surface area (Å²) in [6.07, 6.45) is 3.94. The first-order chi connectivity index (χ1) is 11.2. The Morgan fingerprint density at radius 1 is 1.25 bits per heavy atom. The molecule has 0 spiro atoms. The van der Waals surface area contributed by atoms with Crippen LogP contribution in [0.15, 0.2) is 23.1 Å². The number of anilines is 1. The number of carbonyl (C=O) groups is 2. The average Bonchev–Trinajstić information content (AvgIpc) is 2.94. The molecule has 1 aliphatic rings. The molecule has 1 amide bonds. The maximum atomic E-state index is 12.4. The quantitative estimate of drug-likeness (QED) is 0.774. The molecule has 1 aromatic carbocycles. The van der Waals surface area contributed by atoms with Crippen molar-refractivity contribution in [3.8, 4) is 0 Å². The lowest BCUT2D eigenvalue weighted by atomic mass is 9.98.